The number of halogens is 1. The average molecular weight is 264 g/mol. The zero-order chi connectivity index (χ0) is 13.7. The smallest absolute Gasteiger partial charge is 0.237 e. The second-order valence-electron chi connectivity index (χ2n) is 5.12. The third kappa shape index (κ3) is 3.77. The molecule has 104 valence electrons. The van der Waals surface area contributed by atoms with Crippen molar-refractivity contribution in [1.29, 1.82) is 0 Å². The number of likely N-dealkylation sites (N-methyl/N-ethyl adjacent to an activating group) is 1. The molecule has 1 amide bonds. The Morgan fingerprint density at radius 3 is 2.95 bits per heavy atom. The number of nitrogens with one attached hydrogen (secondary N) is 1. The fourth-order valence-electron chi connectivity index (χ4n) is 2.55. The van der Waals surface area contributed by atoms with E-state index in [0.29, 0.717) is 18.5 Å². The Balaban J connectivity index is 1.79. The van der Waals surface area contributed by atoms with Gasteiger partial charge in [0.05, 0.1) is 6.04 Å². The van der Waals surface area contributed by atoms with Gasteiger partial charge in [-0.05, 0) is 44.5 Å². The van der Waals surface area contributed by atoms with Gasteiger partial charge in [-0.15, -0.1) is 0 Å². The Kier molecular flexibility index (Phi) is 4.91. The van der Waals surface area contributed by atoms with Gasteiger partial charge in [-0.2, -0.15) is 0 Å². The summed E-state index contributed by atoms with van der Waals surface area (Å²) in [6, 6.07) is 6.68. The molecule has 1 aliphatic rings. The zero-order valence-electron chi connectivity index (χ0n) is 11.4. The van der Waals surface area contributed by atoms with Gasteiger partial charge in [0.2, 0.25) is 5.91 Å². The first kappa shape index (κ1) is 14.0. The largest absolute Gasteiger partial charge is 0.354 e. The number of carbonyl (C=O) groups excluding carboxylic acids is 1. The maximum Gasteiger partial charge on any atom is 0.237 e. The second kappa shape index (κ2) is 6.66. The number of hydrogen-bond donors (Lipinski definition) is 1. The summed E-state index contributed by atoms with van der Waals surface area (Å²) in [6.07, 6.45) is 3.72. The third-order valence-electron chi connectivity index (χ3n) is 3.72. The normalized spacial score (nSPS) is 20.2. The number of carbonyl (C=O) groups is 1. The van der Waals surface area contributed by atoms with Crippen molar-refractivity contribution in [2.45, 2.75) is 31.7 Å². The number of benzene rings is 1. The SMILES string of the molecule is CN1CCCCC1C(=O)NCCc1ccccc1F. The lowest BCUT2D eigenvalue weighted by atomic mass is 10.0. The van der Waals surface area contributed by atoms with Gasteiger partial charge in [-0.1, -0.05) is 24.6 Å². The molecule has 0 aliphatic carbocycles. The van der Waals surface area contributed by atoms with Crippen LogP contribution in [0.3, 0.4) is 0 Å². The van der Waals surface area contributed by atoms with Crippen molar-refractivity contribution in [3.05, 3.63) is 35.6 Å². The number of likely N-dealkylation sites (tertiary alicyclic amines) is 1. The quantitative estimate of drug-likeness (QED) is 0.901. The predicted molar refractivity (Wildman–Crippen MR) is 73.4 cm³/mol. The Hall–Kier alpha value is -1.42. The van der Waals surface area contributed by atoms with Gasteiger partial charge in [-0.3, -0.25) is 9.69 Å². The molecule has 0 bridgehead atoms. The lowest BCUT2D eigenvalue weighted by Gasteiger charge is -2.31. The highest BCUT2D eigenvalue weighted by molar-refractivity contribution is 5.81. The summed E-state index contributed by atoms with van der Waals surface area (Å²) in [7, 11) is 1.99. The molecular formula is C15H21FN2O. The first-order chi connectivity index (χ1) is 9.18. The van der Waals surface area contributed by atoms with Crippen molar-refractivity contribution in [2.75, 3.05) is 20.1 Å². The summed E-state index contributed by atoms with van der Waals surface area (Å²) in [5, 5.41) is 2.91. The van der Waals surface area contributed by atoms with Gasteiger partial charge in [0.15, 0.2) is 0 Å². The van der Waals surface area contributed by atoms with Crippen LogP contribution in [0.25, 0.3) is 0 Å². The monoisotopic (exact) mass is 264 g/mol. The van der Waals surface area contributed by atoms with Crippen molar-refractivity contribution in [3.8, 4) is 0 Å². The van der Waals surface area contributed by atoms with Crippen LogP contribution in [0.2, 0.25) is 0 Å². The molecule has 0 radical (unpaired) electrons. The highest BCUT2D eigenvalue weighted by atomic mass is 19.1. The molecular weight excluding hydrogens is 243 g/mol. The van der Waals surface area contributed by atoms with E-state index in [2.05, 4.69) is 10.2 Å². The van der Waals surface area contributed by atoms with Crippen molar-refractivity contribution >= 4 is 5.91 Å². The predicted octanol–water partition coefficient (Wildman–Crippen LogP) is 1.97. The molecule has 0 aromatic heterocycles. The molecule has 1 N–H and O–H groups in total. The first-order valence-electron chi connectivity index (χ1n) is 6.90. The zero-order valence-corrected chi connectivity index (χ0v) is 11.4. The van der Waals surface area contributed by atoms with E-state index in [0.717, 1.165) is 25.8 Å². The van der Waals surface area contributed by atoms with E-state index >= 15 is 0 Å². The Bertz CT molecular complexity index is 436. The van der Waals surface area contributed by atoms with E-state index in [1.807, 2.05) is 13.1 Å². The molecule has 1 atom stereocenters. The van der Waals surface area contributed by atoms with Crippen molar-refractivity contribution < 1.29 is 9.18 Å². The van der Waals surface area contributed by atoms with E-state index in [1.54, 1.807) is 12.1 Å². The molecule has 2 rings (SSSR count). The van der Waals surface area contributed by atoms with Gasteiger partial charge in [-0.25, -0.2) is 4.39 Å². The molecule has 1 aromatic carbocycles. The molecule has 1 aliphatic heterocycles. The number of rotatable bonds is 4. The first-order valence-corrected chi connectivity index (χ1v) is 6.90. The van der Waals surface area contributed by atoms with E-state index in [4.69, 9.17) is 0 Å². The van der Waals surface area contributed by atoms with Gasteiger partial charge >= 0.3 is 0 Å². The number of amides is 1. The molecule has 1 unspecified atom stereocenters. The fourth-order valence-corrected chi connectivity index (χ4v) is 2.55. The van der Waals surface area contributed by atoms with Gasteiger partial charge < -0.3 is 5.32 Å². The standard InChI is InChI=1S/C15H21FN2O/c1-18-11-5-4-8-14(18)15(19)17-10-9-12-6-2-3-7-13(12)16/h2-3,6-7,14H,4-5,8-11H2,1H3,(H,17,19). The van der Waals surface area contributed by atoms with E-state index in [-0.39, 0.29) is 17.8 Å². The summed E-state index contributed by atoms with van der Waals surface area (Å²) in [6.45, 7) is 1.47. The van der Waals surface area contributed by atoms with Crippen molar-refractivity contribution in [2.24, 2.45) is 0 Å². The van der Waals surface area contributed by atoms with Crippen LogP contribution in [-0.2, 0) is 11.2 Å². The summed E-state index contributed by atoms with van der Waals surface area (Å²) in [5.74, 6) is -0.134. The Morgan fingerprint density at radius 1 is 1.42 bits per heavy atom. The van der Waals surface area contributed by atoms with Crippen molar-refractivity contribution in [1.82, 2.24) is 10.2 Å². The molecule has 1 aromatic rings. The molecule has 1 fully saturated rings. The van der Waals surface area contributed by atoms with Crippen LogP contribution >= 0.6 is 0 Å². The second-order valence-corrected chi connectivity index (χ2v) is 5.12. The highest BCUT2D eigenvalue weighted by Gasteiger charge is 2.25. The highest BCUT2D eigenvalue weighted by Crippen LogP contribution is 2.15. The lowest BCUT2D eigenvalue weighted by Crippen LogP contribution is -2.47. The van der Waals surface area contributed by atoms with Crippen LogP contribution in [0.5, 0.6) is 0 Å². The topological polar surface area (TPSA) is 32.3 Å². The molecule has 1 heterocycles. The Labute approximate surface area is 113 Å². The van der Waals surface area contributed by atoms with Crippen LogP contribution in [-0.4, -0.2) is 37.0 Å². The minimum absolute atomic E-state index is 0.0191. The average Bonchev–Trinajstić information content (AvgIpc) is 2.41. The fraction of sp³-hybridized carbons (Fsp3) is 0.533. The minimum atomic E-state index is -0.202. The maximum absolute atomic E-state index is 13.4. The summed E-state index contributed by atoms with van der Waals surface area (Å²) in [5.41, 5.74) is 0.653. The van der Waals surface area contributed by atoms with Crippen LogP contribution < -0.4 is 5.32 Å². The van der Waals surface area contributed by atoms with E-state index < -0.39 is 0 Å². The third-order valence-corrected chi connectivity index (χ3v) is 3.72. The van der Waals surface area contributed by atoms with Gasteiger partial charge in [0, 0.05) is 6.54 Å². The molecule has 19 heavy (non-hydrogen) atoms. The van der Waals surface area contributed by atoms with Gasteiger partial charge in [0.25, 0.3) is 0 Å². The van der Waals surface area contributed by atoms with Crippen LogP contribution in [0.15, 0.2) is 24.3 Å². The number of nitrogens with zero attached hydrogens (tertiary/aromatic N) is 1. The number of piperidine rings is 1. The summed E-state index contributed by atoms with van der Waals surface area (Å²) >= 11 is 0. The van der Waals surface area contributed by atoms with E-state index in [1.165, 1.54) is 6.07 Å². The molecule has 0 saturated carbocycles. The van der Waals surface area contributed by atoms with Crippen LogP contribution in [0, 0.1) is 5.82 Å². The Morgan fingerprint density at radius 2 is 2.21 bits per heavy atom. The molecule has 3 nitrogen and oxygen atoms in total. The summed E-state index contributed by atoms with van der Waals surface area (Å²) < 4.78 is 13.4. The minimum Gasteiger partial charge on any atom is -0.354 e. The van der Waals surface area contributed by atoms with Crippen molar-refractivity contribution in [3.63, 3.8) is 0 Å². The molecule has 4 heteroatoms. The molecule has 1 saturated heterocycles. The van der Waals surface area contributed by atoms with Crippen LogP contribution in [0.4, 0.5) is 4.39 Å². The van der Waals surface area contributed by atoms with Crippen LogP contribution in [0.1, 0.15) is 24.8 Å². The lowest BCUT2D eigenvalue weighted by molar-refractivity contribution is -0.126. The molecule has 0 spiro atoms. The maximum atomic E-state index is 13.4. The van der Waals surface area contributed by atoms with Gasteiger partial charge in [0.1, 0.15) is 5.82 Å². The number of hydrogen-bond acceptors (Lipinski definition) is 2. The summed E-state index contributed by atoms with van der Waals surface area (Å²) in [4.78, 5) is 14.1. The van der Waals surface area contributed by atoms with E-state index in [9.17, 15) is 9.18 Å².